The van der Waals surface area contributed by atoms with Gasteiger partial charge >= 0.3 is 0 Å². The van der Waals surface area contributed by atoms with Crippen LogP contribution < -0.4 is 0 Å². The number of rotatable bonds is 11. The van der Waals surface area contributed by atoms with E-state index in [2.05, 4.69) is 0 Å². The van der Waals surface area contributed by atoms with E-state index in [4.69, 9.17) is 23.7 Å². The van der Waals surface area contributed by atoms with E-state index in [9.17, 15) is 9.90 Å². The highest BCUT2D eigenvalue weighted by molar-refractivity contribution is 5.77. The van der Waals surface area contributed by atoms with Gasteiger partial charge in [0.1, 0.15) is 18.3 Å². The third kappa shape index (κ3) is 5.88. The number of aliphatic hydroxyl groups is 1. The van der Waals surface area contributed by atoms with Gasteiger partial charge in [0.2, 0.25) is 5.79 Å². The Bertz CT molecular complexity index is 1170. The first kappa shape index (κ1) is 25.5. The summed E-state index contributed by atoms with van der Waals surface area (Å²) in [5, 5.41) is 10.3. The second kappa shape index (κ2) is 11.9. The average molecular weight is 503 g/mol. The van der Waals surface area contributed by atoms with E-state index < -0.39 is 30.4 Å². The van der Waals surface area contributed by atoms with E-state index >= 15 is 0 Å². The molecule has 0 saturated carbocycles. The fraction of sp³-hybridized carbons (Fsp3) is 0.300. The SMILES string of the molecule is O=CC1=C[C@H](O)O[C@]12O[C@H](COCc1ccccc1)[C@@H](OCc1ccccc1)[C@H]2OCc1ccccc1. The van der Waals surface area contributed by atoms with E-state index in [1.54, 1.807) is 0 Å². The number of benzene rings is 3. The van der Waals surface area contributed by atoms with Crippen molar-refractivity contribution in [1.29, 1.82) is 0 Å². The Hall–Kier alpha value is -3.17. The van der Waals surface area contributed by atoms with Gasteiger partial charge in [0.25, 0.3) is 0 Å². The van der Waals surface area contributed by atoms with Crippen molar-refractivity contribution in [2.45, 2.75) is 50.2 Å². The molecule has 0 aromatic heterocycles. The summed E-state index contributed by atoms with van der Waals surface area (Å²) >= 11 is 0. The lowest BCUT2D eigenvalue weighted by atomic mass is 9.98. The van der Waals surface area contributed by atoms with Crippen molar-refractivity contribution in [3.05, 3.63) is 119 Å². The molecule has 0 bridgehead atoms. The van der Waals surface area contributed by atoms with Crippen molar-refractivity contribution in [3.63, 3.8) is 0 Å². The molecule has 0 radical (unpaired) electrons. The molecule has 5 rings (SSSR count). The first-order valence-electron chi connectivity index (χ1n) is 12.3. The quantitative estimate of drug-likeness (QED) is 0.398. The van der Waals surface area contributed by atoms with Crippen LogP contribution in [0.2, 0.25) is 0 Å². The van der Waals surface area contributed by atoms with Crippen LogP contribution in [-0.2, 0) is 48.3 Å². The molecule has 0 unspecified atom stereocenters. The van der Waals surface area contributed by atoms with Gasteiger partial charge in [-0.2, -0.15) is 0 Å². The number of aliphatic hydroxyl groups excluding tert-OH is 1. The minimum atomic E-state index is -1.61. The summed E-state index contributed by atoms with van der Waals surface area (Å²) in [5.41, 5.74) is 3.11. The predicted octanol–water partition coefficient (Wildman–Crippen LogP) is 3.94. The molecule has 3 aromatic rings. The smallest absolute Gasteiger partial charge is 0.230 e. The highest BCUT2D eigenvalue weighted by atomic mass is 16.8. The zero-order valence-electron chi connectivity index (χ0n) is 20.3. The molecule has 0 aliphatic carbocycles. The van der Waals surface area contributed by atoms with Crippen LogP contribution >= 0.6 is 0 Å². The lowest BCUT2D eigenvalue weighted by molar-refractivity contribution is -0.276. The molecule has 1 fully saturated rings. The Balaban J connectivity index is 1.40. The van der Waals surface area contributed by atoms with Crippen LogP contribution in [0.1, 0.15) is 16.7 Å². The molecule has 1 saturated heterocycles. The highest BCUT2D eigenvalue weighted by Gasteiger charge is 2.62. The number of hydrogen-bond acceptors (Lipinski definition) is 7. The van der Waals surface area contributed by atoms with E-state index in [0.717, 1.165) is 16.7 Å². The van der Waals surface area contributed by atoms with Crippen LogP contribution in [0, 0.1) is 0 Å². The normalized spacial score (nSPS) is 26.9. The summed E-state index contributed by atoms with van der Waals surface area (Å²) in [6.07, 6.45) is -1.43. The van der Waals surface area contributed by atoms with E-state index in [1.807, 2.05) is 91.0 Å². The fourth-order valence-corrected chi connectivity index (χ4v) is 4.69. The third-order valence-corrected chi connectivity index (χ3v) is 6.46. The standard InChI is InChI=1S/C30H30O7/c31-17-25-16-27(32)37-30(25)29(35-20-24-14-8-3-9-15-24)28(34-19-23-12-6-2-7-13-23)26(36-30)21-33-18-22-10-4-1-5-11-22/h1-17,26-29,32H,18-21H2/t26-,27-,28-,29-,30-/m1/s1. The van der Waals surface area contributed by atoms with Gasteiger partial charge in [-0.3, -0.25) is 4.79 Å². The Morgan fingerprint density at radius 1 is 0.757 bits per heavy atom. The molecule has 192 valence electrons. The minimum absolute atomic E-state index is 0.164. The van der Waals surface area contributed by atoms with Gasteiger partial charge in [-0.05, 0) is 22.8 Å². The molecule has 5 atom stereocenters. The molecule has 1 N–H and O–H groups in total. The lowest BCUT2D eigenvalue weighted by Crippen LogP contribution is -2.48. The predicted molar refractivity (Wildman–Crippen MR) is 135 cm³/mol. The first-order chi connectivity index (χ1) is 18.2. The van der Waals surface area contributed by atoms with Gasteiger partial charge in [-0.25, -0.2) is 0 Å². The van der Waals surface area contributed by atoms with Crippen molar-refractivity contribution >= 4 is 6.29 Å². The summed E-state index contributed by atoms with van der Waals surface area (Å²) < 4.78 is 31.0. The highest BCUT2D eigenvalue weighted by Crippen LogP contribution is 2.45. The Morgan fingerprint density at radius 3 is 1.86 bits per heavy atom. The fourth-order valence-electron chi connectivity index (χ4n) is 4.69. The zero-order chi connectivity index (χ0) is 25.5. The Morgan fingerprint density at radius 2 is 1.30 bits per heavy atom. The summed E-state index contributed by atoms with van der Waals surface area (Å²) in [7, 11) is 0. The molecule has 7 heteroatoms. The monoisotopic (exact) mass is 502 g/mol. The second-order valence-electron chi connectivity index (χ2n) is 9.05. The minimum Gasteiger partial charge on any atom is -0.374 e. The summed E-state index contributed by atoms with van der Waals surface area (Å²) in [4.78, 5) is 12.1. The maximum absolute atomic E-state index is 12.1. The molecule has 2 aliphatic heterocycles. The molecule has 2 heterocycles. The van der Waals surface area contributed by atoms with Crippen molar-refractivity contribution in [2.75, 3.05) is 6.61 Å². The number of ether oxygens (including phenoxy) is 5. The molecule has 2 aliphatic rings. The van der Waals surface area contributed by atoms with Gasteiger partial charge < -0.3 is 28.8 Å². The second-order valence-corrected chi connectivity index (χ2v) is 9.05. The molecule has 37 heavy (non-hydrogen) atoms. The van der Waals surface area contributed by atoms with E-state index in [0.29, 0.717) is 19.5 Å². The van der Waals surface area contributed by atoms with Crippen molar-refractivity contribution in [2.24, 2.45) is 0 Å². The van der Waals surface area contributed by atoms with Crippen LogP contribution in [0.3, 0.4) is 0 Å². The van der Waals surface area contributed by atoms with Gasteiger partial charge in [0.15, 0.2) is 12.6 Å². The van der Waals surface area contributed by atoms with Crippen molar-refractivity contribution in [1.82, 2.24) is 0 Å². The van der Waals surface area contributed by atoms with E-state index in [1.165, 1.54) is 6.08 Å². The summed E-state index contributed by atoms with van der Waals surface area (Å²) in [6, 6.07) is 29.3. The molecule has 1 spiro atoms. The number of aldehydes is 1. The van der Waals surface area contributed by atoms with Crippen LogP contribution in [0.4, 0.5) is 0 Å². The average Bonchev–Trinajstić information content (AvgIpc) is 3.42. The maximum Gasteiger partial charge on any atom is 0.230 e. The van der Waals surface area contributed by atoms with Crippen LogP contribution in [0.5, 0.6) is 0 Å². The molecule has 3 aromatic carbocycles. The number of hydrogen-bond donors (Lipinski definition) is 1. The summed E-state index contributed by atoms with van der Waals surface area (Å²) in [5.74, 6) is -1.61. The molecule has 0 amide bonds. The molecule has 7 nitrogen and oxygen atoms in total. The van der Waals surface area contributed by atoms with Crippen LogP contribution in [0.15, 0.2) is 103 Å². The van der Waals surface area contributed by atoms with Gasteiger partial charge in [0, 0.05) is 0 Å². The zero-order valence-corrected chi connectivity index (χ0v) is 20.3. The summed E-state index contributed by atoms with van der Waals surface area (Å²) in [6.45, 7) is 1.10. The van der Waals surface area contributed by atoms with Crippen molar-refractivity contribution < 1.29 is 33.6 Å². The third-order valence-electron chi connectivity index (χ3n) is 6.46. The van der Waals surface area contributed by atoms with Gasteiger partial charge in [-0.1, -0.05) is 91.0 Å². The Kier molecular flexibility index (Phi) is 8.21. The van der Waals surface area contributed by atoms with Crippen molar-refractivity contribution in [3.8, 4) is 0 Å². The lowest BCUT2D eigenvalue weighted by Gasteiger charge is -2.32. The van der Waals surface area contributed by atoms with E-state index in [-0.39, 0.29) is 18.8 Å². The first-order valence-corrected chi connectivity index (χ1v) is 12.3. The number of carbonyl (C=O) groups excluding carboxylic acids is 1. The molecular weight excluding hydrogens is 472 g/mol. The van der Waals surface area contributed by atoms with Crippen LogP contribution in [-0.4, -0.2) is 48.4 Å². The van der Waals surface area contributed by atoms with Gasteiger partial charge in [-0.15, -0.1) is 0 Å². The topological polar surface area (TPSA) is 83.5 Å². The molecular formula is C30H30O7. The Labute approximate surface area is 216 Å². The largest absolute Gasteiger partial charge is 0.374 e. The maximum atomic E-state index is 12.1. The van der Waals surface area contributed by atoms with Crippen LogP contribution in [0.25, 0.3) is 0 Å². The van der Waals surface area contributed by atoms with Gasteiger partial charge in [0.05, 0.1) is 32.0 Å². The number of carbonyl (C=O) groups is 1.